The first-order chi connectivity index (χ1) is 13.5. The van der Waals surface area contributed by atoms with Crippen LogP contribution in [0.1, 0.15) is 33.6 Å². The van der Waals surface area contributed by atoms with E-state index in [1.165, 1.54) is 31.2 Å². The summed E-state index contributed by atoms with van der Waals surface area (Å²) in [6.07, 6.45) is 0. The van der Waals surface area contributed by atoms with E-state index in [9.17, 15) is 13.2 Å². The lowest BCUT2D eigenvalue weighted by molar-refractivity contribution is -0.117. The summed E-state index contributed by atoms with van der Waals surface area (Å²) in [5.41, 5.74) is 1.48. The minimum absolute atomic E-state index is 0.0280. The third-order valence-electron chi connectivity index (χ3n) is 4.15. The number of sulfonamides is 1. The van der Waals surface area contributed by atoms with Crippen LogP contribution < -0.4 is 10.0 Å². The third kappa shape index (κ3) is 4.95. The molecule has 0 spiro atoms. The molecule has 9 heteroatoms. The molecule has 1 aromatic heterocycles. The highest BCUT2D eigenvalue weighted by Gasteiger charge is 2.23. The number of amides is 1. The van der Waals surface area contributed by atoms with Crippen molar-refractivity contribution in [3.63, 3.8) is 0 Å². The molecule has 0 unspecified atom stereocenters. The van der Waals surface area contributed by atoms with Crippen LogP contribution in [0.4, 0.5) is 5.69 Å². The van der Waals surface area contributed by atoms with Gasteiger partial charge in [0.15, 0.2) is 5.58 Å². The fourth-order valence-electron chi connectivity index (χ4n) is 2.54. The zero-order valence-electron chi connectivity index (χ0n) is 16.5. The molecule has 0 aliphatic heterocycles. The van der Waals surface area contributed by atoms with Crippen molar-refractivity contribution in [3.8, 4) is 0 Å². The first-order valence-electron chi connectivity index (χ1n) is 8.95. The number of nitrogens with one attached hydrogen (secondary N) is 2. The topological polar surface area (TPSA) is 101 Å². The van der Waals surface area contributed by atoms with Crippen LogP contribution in [0.25, 0.3) is 11.1 Å². The molecule has 0 bridgehead atoms. The van der Waals surface area contributed by atoms with E-state index < -0.39 is 22.0 Å². The van der Waals surface area contributed by atoms with Crippen molar-refractivity contribution in [2.75, 3.05) is 5.32 Å². The highest BCUT2D eigenvalue weighted by Crippen LogP contribution is 2.27. The maximum atomic E-state index is 12.5. The highest BCUT2D eigenvalue weighted by atomic mass is 35.5. The minimum Gasteiger partial charge on any atom is -0.440 e. The molecule has 154 valence electrons. The van der Waals surface area contributed by atoms with Gasteiger partial charge in [-0.15, -0.1) is 0 Å². The van der Waals surface area contributed by atoms with Crippen LogP contribution in [0.2, 0.25) is 5.02 Å². The Hall–Kier alpha value is -2.42. The van der Waals surface area contributed by atoms with Crippen LogP contribution in [0.3, 0.4) is 0 Å². The first kappa shape index (κ1) is 21.3. The highest BCUT2D eigenvalue weighted by molar-refractivity contribution is 7.89. The van der Waals surface area contributed by atoms with E-state index in [-0.39, 0.29) is 10.3 Å². The standard InChI is InChI=1S/C20H22ClN3O4S/c1-12(24-29(26,27)15-8-5-13(21)6-9-15)18(25)22-14-7-10-17-16(11-14)23-19(28-17)20(2,3)4/h5-12,24H,1-4H3,(H,22,25)/t12-/m0/s1. The summed E-state index contributed by atoms with van der Waals surface area (Å²) in [6, 6.07) is 9.79. The Bertz CT molecular complexity index is 1150. The molecule has 3 rings (SSSR count). The Morgan fingerprint density at radius 3 is 2.41 bits per heavy atom. The van der Waals surface area contributed by atoms with E-state index in [0.29, 0.717) is 27.7 Å². The number of rotatable bonds is 5. The van der Waals surface area contributed by atoms with Gasteiger partial charge < -0.3 is 9.73 Å². The van der Waals surface area contributed by atoms with Crippen molar-refractivity contribution in [2.45, 2.75) is 44.0 Å². The molecule has 29 heavy (non-hydrogen) atoms. The number of benzene rings is 2. The van der Waals surface area contributed by atoms with Crippen LogP contribution in [0, 0.1) is 0 Å². The molecule has 0 saturated carbocycles. The summed E-state index contributed by atoms with van der Waals surface area (Å²) in [5, 5.41) is 3.12. The molecule has 3 aromatic rings. The number of carbonyl (C=O) groups is 1. The smallest absolute Gasteiger partial charge is 0.242 e. The van der Waals surface area contributed by atoms with E-state index in [4.69, 9.17) is 16.0 Å². The summed E-state index contributed by atoms with van der Waals surface area (Å²) in [5.74, 6) is 0.0986. The fourth-order valence-corrected chi connectivity index (χ4v) is 3.87. The van der Waals surface area contributed by atoms with Crippen molar-refractivity contribution in [3.05, 3.63) is 53.4 Å². The largest absolute Gasteiger partial charge is 0.440 e. The predicted octanol–water partition coefficient (Wildman–Crippen LogP) is 4.08. The number of aromatic nitrogens is 1. The average Bonchev–Trinajstić information content (AvgIpc) is 3.05. The van der Waals surface area contributed by atoms with Gasteiger partial charge in [0.2, 0.25) is 21.8 Å². The van der Waals surface area contributed by atoms with Crippen molar-refractivity contribution in [1.29, 1.82) is 0 Å². The maximum Gasteiger partial charge on any atom is 0.242 e. The average molecular weight is 436 g/mol. The number of fused-ring (bicyclic) bond motifs is 1. The van der Waals surface area contributed by atoms with Crippen LogP contribution >= 0.6 is 11.6 Å². The Labute approximate surface area is 174 Å². The summed E-state index contributed by atoms with van der Waals surface area (Å²) in [6.45, 7) is 7.45. The molecule has 0 fully saturated rings. The quantitative estimate of drug-likeness (QED) is 0.628. The minimum atomic E-state index is -3.86. The molecule has 0 radical (unpaired) electrons. The SMILES string of the molecule is C[C@H](NS(=O)(=O)c1ccc(Cl)cc1)C(=O)Nc1ccc2oc(C(C)(C)C)nc2c1. The van der Waals surface area contributed by atoms with Crippen LogP contribution in [-0.4, -0.2) is 25.4 Å². The molecular formula is C20H22ClN3O4S. The first-order valence-corrected chi connectivity index (χ1v) is 10.8. The van der Waals surface area contributed by atoms with Gasteiger partial charge in [-0.2, -0.15) is 4.72 Å². The van der Waals surface area contributed by atoms with Crippen molar-refractivity contribution >= 4 is 44.3 Å². The summed E-state index contributed by atoms with van der Waals surface area (Å²) >= 11 is 5.78. The molecule has 2 N–H and O–H groups in total. The van der Waals surface area contributed by atoms with Crippen LogP contribution in [0.15, 0.2) is 51.8 Å². The zero-order chi connectivity index (χ0) is 21.4. The molecule has 1 atom stereocenters. The van der Waals surface area contributed by atoms with Gasteiger partial charge in [-0.1, -0.05) is 32.4 Å². The van der Waals surface area contributed by atoms with Crippen LogP contribution in [0.5, 0.6) is 0 Å². The molecular weight excluding hydrogens is 414 g/mol. The van der Waals surface area contributed by atoms with E-state index in [2.05, 4.69) is 15.0 Å². The fraction of sp³-hybridized carbons (Fsp3) is 0.300. The van der Waals surface area contributed by atoms with E-state index >= 15 is 0 Å². The predicted molar refractivity (Wildman–Crippen MR) is 113 cm³/mol. The monoisotopic (exact) mass is 435 g/mol. The van der Waals surface area contributed by atoms with Crippen molar-refractivity contribution in [1.82, 2.24) is 9.71 Å². The van der Waals surface area contributed by atoms with E-state index in [0.717, 1.165) is 0 Å². The summed E-state index contributed by atoms with van der Waals surface area (Å²) < 4.78 is 32.9. The Morgan fingerprint density at radius 1 is 1.14 bits per heavy atom. The van der Waals surface area contributed by atoms with Gasteiger partial charge in [0.1, 0.15) is 5.52 Å². The van der Waals surface area contributed by atoms with Gasteiger partial charge in [0.25, 0.3) is 0 Å². The summed E-state index contributed by atoms with van der Waals surface area (Å²) in [7, 11) is -3.86. The van der Waals surface area contributed by atoms with Crippen LogP contribution in [-0.2, 0) is 20.2 Å². The van der Waals surface area contributed by atoms with Gasteiger partial charge in [0, 0.05) is 16.1 Å². The zero-order valence-corrected chi connectivity index (χ0v) is 18.1. The number of anilines is 1. The second-order valence-corrected chi connectivity index (χ2v) is 9.89. The van der Waals surface area contributed by atoms with Crippen molar-refractivity contribution < 1.29 is 17.6 Å². The van der Waals surface area contributed by atoms with Crippen molar-refractivity contribution in [2.24, 2.45) is 0 Å². The molecule has 0 aliphatic carbocycles. The number of oxazole rings is 1. The number of nitrogens with zero attached hydrogens (tertiary/aromatic N) is 1. The van der Waals surface area contributed by atoms with Gasteiger partial charge in [-0.3, -0.25) is 4.79 Å². The Kier molecular flexibility index (Phi) is 5.71. The van der Waals surface area contributed by atoms with Gasteiger partial charge >= 0.3 is 0 Å². The second kappa shape index (κ2) is 7.78. The molecule has 2 aromatic carbocycles. The molecule has 0 aliphatic rings. The van der Waals surface area contributed by atoms with E-state index in [1.807, 2.05) is 20.8 Å². The second-order valence-electron chi connectivity index (χ2n) is 7.74. The lowest BCUT2D eigenvalue weighted by Gasteiger charge is -2.14. The molecule has 1 heterocycles. The maximum absolute atomic E-state index is 12.5. The number of carbonyl (C=O) groups excluding carboxylic acids is 1. The number of hydrogen-bond donors (Lipinski definition) is 2. The Morgan fingerprint density at radius 2 is 1.79 bits per heavy atom. The van der Waals surface area contributed by atoms with E-state index in [1.54, 1.807) is 18.2 Å². The van der Waals surface area contributed by atoms with Gasteiger partial charge in [0.05, 0.1) is 10.9 Å². The summed E-state index contributed by atoms with van der Waals surface area (Å²) in [4.78, 5) is 17.0. The third-order valence-corrected chi connectivity index (χ3v) is 5.95. The molecule has 0 saturated heterocycles. The molecule has 7 nitrogen and oxygen atoms in total. The number of halogens is 1. The lowest BCUT2D eigenvalue weighted by atomic mass is 9.97. The van der Waals surface area contributed by atoms with Gasteiger partial charge in [-0.25, -0.2) is 13.4 Å². The lowest BCUT2D eigenvalue weighted by Crippen LogP contribution is -2.41. The number of hydrogen-bond acceptors (Lipinski definition) is 5. The normalized spacial score (nSPS) is 13.4. The van der Waals surface area contributed by atoms with Gasteiger partial charge in [-0.05, 0) is 49.4 Å². The molecule has 1 amide bonds. The Balaban J connectivity index is 1.72.